The molecule has 0 aliphatic rings. The smallest absolute Gasteiger partial charge is 0.213 e. The van der Waals surface area contributed by atoms with Gasteiger partial charge in [-0.3, -0.25) is 0 Å². The molecule has 96 valence electrons. The van der Waals surface area contributed by atoms with Gasteiger partial charge < -0.3 is 4.74 Å². The molecule has 0 aliphatic carbocycles. The van der Waals surface area contributed by atoms with Crippen molar-refractivity contribution < 1.29 is 4.74 Å². The lowest BCUT2D eigenvalue weighted by atomic mass is 9.39. The molecule has 0 radical (unpaired) electrons. The number of hydrogen-bond donors (Lipinski definition) is 0. The molecule has 0 amide bonds. The molecule has 19 heavy (non-hydrogen) atoms. The largest absolute Gasteiger partial charge is 0.497 e. The molecule has 0 aliphatic heterocycles. The van der Waals surface area contributed by atoms with Gasteiger partial charge in [-0.2, -0.15) is 0 Å². The van der Waals surface area contributed by atoms with Gasteiger partial charge in [0.25, 0.3) is 0 Å². The summed E-state index contributed by atoms with van der Waals surface area (Å²) in [5.41, 5.74) is 4.10. The molecular weight excluding hydrogens is 254 g/mol. The van der Waals surface area contributed by atoms with Gasteiger partial charge in [-0.25, -0.2) is 0 Å². The van der Waals surface area contributed by atoms with E-state index in [1.54, 1.807) is 12.6 Å². The summed E-state index contributed by atoms with van der Waals surface area (Å²) in [6.07, 6.45) is 2.86. The lowest BCUT2D eigenvalue weighted by molar-refractivity contribution is 0.415. The van der Waals surface area contributed by atoms with Gasteiger partial charge >= 0.3 is 0 Å². The second-order valence-corrected chi connectivity index (χ2v) is 4.59. The molecule has 2 rings (SSSR count). The average molecular weight is 271 g/mol. The van der Waals surface area contributed by atoms with Crippen molar-refractivity contribution in [1.29, 1.82) is 0 Å². The first-order valence-electron chi connectivity index (χ1n) is 6.29. The Bertz CT molecular complexity index is 539. The molecule has 0 saturated carbocycles. The minimum absolute atomic E-state index is 0.297. The van der Waals surface area contributed by atoms with E-state index in [1.807, 2.05) is 24.3 Å². The second-order valence-electron chi connectivity index (χ2n) is 4.34. The van der Waals surface area contributed by atoms with E-state index in [1.165, 1.54) is 10.9 Å². The van der Waals surface area contributed by atoms with Crippen molar-refractivity contribution in [3.63, 3.8) is 0 Å². The summed E-state index contributed by atoms with van der Waals surface area (Å²) in [4.78, 5) is 0. The summed E-state index contributed by atoms with van der Waals surface area (Å²) < 4.78 is 5.30. The SMILES string of the molecule is COc1cccc(B(CC=CCl)c2ccccc2)c1. The van der Waals surface area contributed by atoms with Crippen LogP contribution in [-0.2, 0) is 0 Å². The highest BCUT2D eigenvalue weighted by atomic mass is 35.5. The van der Waals surface area contributed by atoms with Gasteiger partial charge in [-0.1, -0.05) is 71.1 Å². The van der Waals surface area contributed by atoms with Crippen molar-refractivity contribution in [2.45, 2.75) is 6.32 Å². The first-order valence-corrected chi connectivity index (χ1v) is 6.73. The predicted molar refractivity (Wildman–Crippen MR) is 84.3 cm³/mol. The lowest BCUT2D eigenvalue weighted by Crippen LogP contribution is -2.41. The highest BCUT2D eigenvalue weighted by Crippen LogP contribution is 2.08. The molecule has 0 N–H and O–H groups in total. The third kappa shape index (κ3) is 3.65. The van der Waals surface area contributed by atoms with Gasteiger partial charge in [0, 0.05) is 0 Å². The van der Waals surface area contributed by atoms with Crippen LogP contribution in [0.25, 0.3) is 0 Å². The molecular formula is C16H16BClO. The predicted octanol–water partition coefficient (Wildman–Crippen LogP) is 3.06. The monoisotopic (exact) mass is 270 g/mol. The molecule has 0 heterocycles. The van der Waals surface area contributed by atoms with Crippen molar-refractivity contribution in [2.24, 2.45) is 0 Å². The molecule has 2 aromatic rings. The van der Waals surface area contributed by atoms with Crippen LogP contribution in [0.5, 0.6) is 5.75 Å². The molecule has 0 fully saturated rings. The van der Waals surface area contributed by atoms with Crippen LogP contribution >= 0.6 is 11.6 Å². The van der Waals surface area contributed by atoms with Gasteiger partial charge in [0.15, 0.2) is 0 Å². The third-order valence-corrected chi connectivity index (χ3v) is 3.34. The Kier molecular flexibility index (Phi) is 5.11. The maximum atomic E-state index is 5.67. The van der Waals surface area contributed by atoms with E-state index in [4.69, 9.17) is 16.3 Å². The van der Waals surface area contributed by atoms with Gasteiger partial charge in [0.2, 0.25) is 6.71 Å². The fourth-order valence-electron chi connectivity index (χ4n) is 2.20. The zero-order valence-corrected chi connectivity index (χ0v) is 11.7. The topological polar surface area (TPSA) is 9.23 Å². The molecule has 0 unspecified atom stereocenters. The molecule has 0 bridgehead atoms. The van der Waals surface area contributed by atoms with Crippen LogP contribution in [-0.4, -0.2) is 13.8 Å². The van der Waals surface area contributed by atoms with Crippen LogP contribution in [0.2, 0.25) is 6.32 Å². The number of allylic oxidation sites excluding steroid dienone is 1. The van der Waals surface area contributed by atoms with E-state index in [0.717, 1.165) is 12.1 Å². The van der Waals surface area contributed by atoms with Crippen molar-refractivity contribution in [2.75, 3.05) is 7.11 Å². The molecule has 0 saturated heterocycles. The Morgan fingerprint density at radius 1 is 1.05 bits per heavy atom. The van der Waals surface area contributed by atoms with Crippen LogP contribution in [0.4, 0.5) is 0 Å². The quantitative estimate of drug-likeness (QED) is 0.759. The average Bonchev–Trinajstić information content (AvgIpc) is 2.49. The van der Waals surface area contributed by atoms with Gasteiger partial charge in [0.05, 0.1) is 7.11 Å². The van der Waals surface area contributed by atoms with E-state index in [-0.39, 0.29) is 0 Å². The number of hydrogen-bond acceptors (Lipinski definition) is 1. The van der Waals surface area contributed by atoms with Crippen LogP contribution in [0.1, 0.15) is 0 Å². The van der Waals surface area contributed by atoms with Gasteiger partial charge in [-0.15, -0.1) is 0 Å². The first-order chi connectivity index (χ1) is 9.35. The summed E-state index contributed by atoms with van der Waals surface area (Å²) in [6, 6.07) is 18.6. The summed E-state index contributed by atoms with van der Waals surface area (Å²) in [6.45, 7) is 0.297. The Morgan fingerprint density at radius 3 is 2.47 bits per heavy atom. The molecule has 1 nitrogen and oxygen atoms in total. The number of benzene rings is 2. The molecule has 2 aromatic carbocycles. The molecule has 0 spiro atoms. The lowest BCUT2D eigenvalue weighted by Gasteiger charge is -2.13. The van der Waals surface area contributed by atoms with Gasteiger partial charge in [0.1, 0.15) is 5.75 Å². The zero-order chi connectivity index (χ0) is 13.5. The zero-order valence-electron chi connectivity index (χ0n) is 10.9. The molecule has 3 heteroatoms. The maximum absolute atomic E-state index is 5.67. The normalized spacial score (nSPS) is 10.6. The van der Waals surface area contributed by atoms with Gasteiger partial charge in [-0.05, 0) is 24.0 Å². The van der Waals surface area contributed by atoms with Crippen LogP contribution in [0, 0.1) is 0 Å². The van der Waals surface area contributed by atoms with E-state index >= 15 is 0 Å². The minimum atomic E-state index is 0.297. The molecule has 0 atom stereocenters. The molecule has 0 aromatic heterocycles. The van der Waals surface area contributed by atoms with Crippen LogP contribution in [0.15, 0.2) is 66.2 Å². The Labute approximate surface area is 119 Å². The van der Waals surface area contributed by atoms with E-state index in [9.17, 15) is 0 Å². The minimum Gasteiger partial charge on any atom is -0.497 e. The number of rotatable bonds is 5. The fraction of sp³-hybridized carbons (Fsp3) is 0.125. The van der Waals surface area contributed by atoms with Crippen molar-refractivity contribution in [3.8, 4) is 5.75 Å². The number of methoxy groups -OCH3 is 1. The second kappa shape index (κ2) is 7.05. The van der Waals surface area contributed by atoms with Crippen molar-refractivity contribution in [3.05, 3.63) is 66.2 Å². The first kappa shape index (κ1) is 13.8. The maximum Gasteiger partial charge on any atom is 0.213 e. The summed E-state index contributed by atoms with van der Waals surface area (Å²) in [5.74, 6) is 0.883. The summed E-state index contributed by atoms with van der Waals surface area (Å²) >= 11 is 5.67. The van der Waals surface area contributed by atoms with E-state index in [2.05, 4.69) is 36.4 Å². The Hall–Kier alpha value is -1.67. The fourth-order valence-corrected chi connectivity index (χ4v) is 2.30. The number of halogens is 1. The van der Waals surface area contributed by atoms with Crippen LogP contribution in [0.3, 0.4) is 0 Å². The highest BCUT2D eigenvalue weighted by molar-refractivity contribution is 6.85. The standard InChI is InChI=1S/C16H16BClO/c1-19-16-10-5-9-15(13-16)17(11-6-12-18)14-7-3-2-4-8-14/h2-10,12-13H,11H2,1H3. The van der Waals surface area contributed by atoms with Crippen molar-refractivity contribution in [1.82, 2.24) is 0 Å². The Morgan fingerprint density at radius 2 is 1.79 bits per heavy atom. The van der Waals surface area contributed by atoms with E-state index in [0.29, 0.717) is 6.71 Å². The van der Waals surface area contributed by atoms with E-state index < -0.39 is 0 Å². The number of ether oxygens (including phenoxy) is 1. The van der Waals surface area contributed by atoms with Crippen molar-refractivity contribution >= 4 is 29.2 Å². The summed E-state index contributed by atoms with van der Waals surface area (Å²) in [7, 11) is 1.69. The Balaban J connectivity index is 2.36. The van der Waals surface area contributed by atoms with Crippen LogP contribution < -0.4 is 15.7 Å². The third-order valence-electron chi connectivity index (χ3n) is 3.16. The summed E-state index contributed by atoms with van der Waals surface area (Å²) in [5, 5.41) is 0. The highest BCUT2D eigenvalue weighted by Gasteiger charge is 2.17.